The molecule has 1 aromatic heterocycles. The number of rotatable bonds is 10. The molecular weight excluding hydrogens is 473 g/mol. The van der Waals surface area contributed by atoms with E-state index in [0.29, 0.717) is 24.7 Å². The van der Waals surface area contributed by atoms with E-state index in [2.05, 4.69) is 14.6 Å². The molecule has 0 amide bonds. The minimum Gasteiger partial charge on any atom is -0.545 e. The van der Waals surface area contributed by atoms with E-state index in [1.807, 2.05) is 12.1 Å². The normalized spacial score (nSPS) is 12.2. The molecule has 3 aromatic rings. The fourth-order valence-corrected chi connectivity index (χ4v) is 4.67. The first-order valence-corrected chi connectivity index (χ1v) is 11.8. The average molecular weight is 496 g/mol. The van der Waals surface area contributed by atoms with Crippen LogP contribution in [0.15, 0.2) is 78.0 Å². The Kier molecular flexibility index (Phi) is 10.5. The maximum absolute atomic E-state index is 12.7. The van der Waals surface area contributed by atoms with Gasteiger partial charge in [0, 0.05) is 43.1 Å². The third-order valence-electron chi connectivity index (χ3n) is 4.74. The number of benzene rings is 2. The van der Waals surface area contributed by atoms with E-state index in [9.17, 15) is 18.3 Å². The molecule has 2 aromatic carbocycles. The molecule has 168 valence electrons. The Hall–Kier alpha value is -1.78. The largest absolute Gasteiger partial charge is 1.00 e. The number of hydrogen-bond donors (Lipinski definition) is 1. The predicted octanol–water partition coefficient (Wildman–Crippen LogP) is -0.528. The summed E-state index contributed by atoms with van der Waals surface area (Å²) in [6, 6.07) is 15.8. The van der Waals surface area contributed by atoms with Crippen LogP contribution in [-0.2, 0) is 23.1 Å². The molecule has 1 heterocycles. The first kappa shape index (κ1) is 27.5. The summed E-state index contributed by atoms with van der Waals surface area (Å²) in [5.74, 6) is -1.23. The van der Waals surface area contributed by atoms with Crippen LogP contribution in [0.1, 0.15) is 28.4 Å². The Morgan fingerprint density at radius 3 is 2.27 bits per heavy atom. The monoisotopic (exact) mass is 495 g/mol. The quantitative estimate of drug-likeness (QED) is 0.379. The third kappa shape index (κ3) is 8.50. The number of carboxylic acids is 1. The zero-order valence-corrected chi connectivity index (χ0v) is 22.0. The number of aromatic nitrogens is 1. The molecule has 0 aliphatic rings. The summed E-state index contributed by atoms with van der Waals surface area (Å²) >= 11 is 5.85. The Morgan fingerprint density at radius 2 is 1.70 bits per heavy atom. The number of sulfonamides is 1. The number of carbonyl (C=O) groups excluding carboxylic acids is 1. The second kappa shape index (κ2) is 12.6. The summed E-state index contributed by atoms with van der Waals surface area (Å²) in [5, 5.41) is 11.5. The van der Waals surface area contributed by atoms with Gasteiger partial charge in [-0.05, 0) is 53.9 Å². The molecule has 1 unspecified atom stereocenters. The number of hydrogen-bond acceptors (Lipinski definition) is 6. The van der Waals surface area contributed by atoms with Gasteiger partial charge in [0.15, 0.2) is 0 Å². The van der Waals surface area contributed by atoms with Gasteiger partial charge in [0.05, 0.1) is 10.9 Å². The molecule has 1 atom stereocenters. The summed E-state index contributed by atoms with van der Waals surface area (Å²) < 4.78 is 28.1. The summed E-state index contributed by atoms with van der Waals surface area (Å²) in [5.41, 5.74) is 1.98. The maximum atomic E-state index is 12.7. The number of halogens is 1. The Bertz CT molecular complexity index is 1140. The minimum absolute atomic E-state index is 0. The number of carbonyl (C=O) groups is 1. The summed E-state index contributed by atoms with van der Waals surface area (Å²) in [4.78, 5) is 17.3. The zero-order valence-electron chi connectivity index (χ0n) is 18.4. The van der Waals surface area contributed by atoms with Crippen LogP contribution >= 0.6 is 11.6 Å². The van der Waals surface area contributed by atoms with Crippen LogP contribution in [0.4, 0.5) is 0 Å². The predicted molar refractivity (Wildman–Crippen MR) is 120 cm³/mol. The van der Waals surface area contributed by atoms with E-state index >= 15 is 0 Å². The van der Waals surface area contributed by atoms with Crippen molar-refractivity contribution in [3.05, 3.63) is 94.8 Å². The topological polar surface area (TPSA) is 102 Å². The van der Waals surface area contributed by atoms with Crippen molar-refractivity contribution in [1.29, 1.82) is 0 Å². The number of pyridine rings is 1. The molecule has 3 rings (SSSR count). The van der Waals surface area contributed by atoms with Crippen molar-refractivity contribution in [2.24, 2.45) is 0 Å². The van der Waals surface area contributed by atoms with Gasteiger partial charge in [-0.25, -0.2) is 13.1 Å². The van der Waals surface area contributed by atoms with Crippen LogP contribution in [-0.4, -0.2) is 36.9 Å². The average Bonchev–Trinajstić information content (AvgIpc) is 2.74. The first-order chi connectivity index (χ1) is 15.2. The van der Waals surface area contributed by atoms with Crippen molar-refractivity contribution in [3.63, 3.8) is 0 Å². The van der Waals surface area contributed by atoms with Gasteiger partial charge in [-0.3, -0.25) is 9.88 Å². The van der Waals surface area contributed by atoms with Gasteiger partial charge in [-0.2, -0.15) is 0 Å². The fourth-order valence-electron chi connectivity index (χ4n) is 3.31. The zero-order chi connectivity index (χ0) is 23.1. The van der Waals surface area contributed by atoms with Crippen LogP contribution in [0, 0.1) is 0 Å². The number of aromatic carboxylic acids is 1. The second-order valence-electron chi connectivity index (χ2n) is 7.49. The SMILES string of the molecule is CC(CN(Cc1ccc(C(=O)[O-])cc1)Cc1cccnc1)NS(=O)(=O)c1ccc(Cl)cc1.[Na+]. The molecule has 0 aliphatic carbocycles. The van der Waals surface area contributed by atoms with Gasteiger partial charge in [0.1, 0.15) is 0 Å². The van der Waals surface area contributed by atoms with Crippen LogP contribution in [0.3, 0.4) is 0 Å². The van der Waals surface area contributed by atoms with Crippen molar-refractivity contribution >= 4 is 27.6 Å². The number of nitrogens with one attached hydrogen (secondary N) is 1. The standard InChI is InChI=1S/C23H24ClN3O4S.Na/c1-17(26-32(30,31)22-10-8-21(24)9-11-22)14-27(16-19-3-2-12-25-13-19)15-18-4-6-20(7-5-18)23(28)29;/h2-13,17,26H,14-16H2,1H3,(H,28,29);/q;+1/p-1. The number of nitrogens with zero attached hydrogens (tertiary/aromatic N) is 2. The van der Waals surface area contributed by atoms with Crippen LogP contribution < -0.4 is 39.4 Å². The van der Waals surface area contributed by atoms with Crippen molar-refractivity contribution in [2.75, 3.05) is 6.54 Å². The number of carboxylic acid groups (broad SMARTS) is 1. The van der Waals surface area contributed by atoms with Crippen molar-refractivity contribution in [3.8, 4) is 0 Å². The van der Waals surface area contributed by atoms with Crippen molar-refractivity contribution in [1.82, 2.24) is 14.6 Å². The summed E-state index contributed by atoms with van der Waals surface area (Å²) in [6.45, 7) is 3.26. The first-order valence-electron chi connectivity index (χ1n) is 9.92. The van der Waals surface area contributed by atoms with Gasteiger partial charge in [-0.15, -0.1) is 0 Å². The smallest absolute Gasteiger partial charge is 0.545 e. The molecule has 0 saturated carbocycles. The van der Waals surface area contributed by atoms with Gasteiger partial charge in [0.25, 0.3) is 0 Å². The molecule has 0 aliphatic heterocycles. The van der Waals surface area contributed by atoms with Gasteiger partial charge in [0.2, 0.25) is 10.0 Å². The molecule has 1 N–H and O–H groups in total. The molecule has 0 radical (unpaired) electrons. The third-order valence-corrected chi connectivity index (χ3v) is 6.59. The summed E-state index contributed by atoms with van der Waals surface area (Å²) in [6.07, 6.45) is 3.45. The van der Waals surface area contributed by atoms with E-state index in [1.165, 1.54) is 36.4 Å². The van der Waals surface area contributed by atoms with Crippen LogP contribution in [0.2, 0.25) is 5.02 Å². The van der Waals surface area contributed by atoms with E-state index in [-0.39, 0.29) is 40.0 Å². The molecule has 0 fully saturated rings. The molecule has 0 saturated heterocycles. The van der Waals surface area contributed by atoms with Crippen LogP contribution in [0.25, 0.3) is 0 Å². The van der Waals surface area contributed by atoms with Gasteiger partial charge in [-0.1, -0.05) is 41.9 Å². The van der Waals surface area contributed by atoms with E-state index in [4.69, 9.17) is 11.6 Å². The van der Waals surface area contributed by atoms with Crippen molar-refractivity contribution < 1.29 is 47.9 Å². The molecule has 0 bridgehead atoms. The van der Waals surface area contributed by atoms with Crippen molar-refractivity contribution in [2.45, 2.75) is 31.0 Å². The van der Waals surface area contributed by atoms with E-state index in [1.54, 1.807) is 31.5 Å². The van der Waals surface area contributed by atoms with Crippen LogP contribution in [0.5, 0.6) is 0 Å². The molecule has 0 spiro atoms. The molecular formula is C23H23ClN3NaO4S. The van der Waals surface area contributed by atoms with E-state index < -0.39 is 22.0 Å². The molecule has 33 heavy (non-hydrogen) atoms. The molecule has 10 heteroatoms. The summed E-state index contributed by atoms with van der Waals surface area (Å²) in [7, 11) is -3.70. The Morgan fingerprint density at radius 1 is 1.06 bits per heavy atom. The minimum atomic E-state index is -3.70. The second-order valence-corrected chi connectivity index (χ2v) is 9.64. The Balaban J connectivity index is 0.00000385. The fraction of sp³-hybridized carbons (Fsp3) is 0.217. The Labute approximate surface area is 221 Å². The molecule has 7 nitrogen and oxygen atoms in total. The maximum Gasteiger partial charge on any atom is 1.00 e. The van der Waals surface area contributed by atoms with E-state index in [0.717, 1.165) is 11.1 Å². The van der Waals surface area contributed by atoms with Gasteiger partial charge >= 0.3 is 29.6 Å². The van der Waals surface area contributed by atoms with Gasteiger partial charge < -0.3 is 9.90 Å².